The highest BCUT2D eigenvalue weighted by Gasteiger charge is 2.07. The molecule has 1 rings (SSSR count). The summed E-state index contributed by atoms with van der Waals surface area (Å²) in [6.07, 6.45) is 2.34. The number of rotatable bonds is 4. The molecule has 0 radical (unpaired) electrons. The first kappa shape index (κ1) is 11.5. The lowest BCUT2D eigenvalue weighted by molar-refractivity contribution is 0.0989. The van der Waals surface area contributed by atoms with Crippen LogP contribution in [0.4, 0.5) is 4.39 Å². The molecule has 0 saturated heterocycles. The molecule has 0 atom stereocenters. The third-order valence-corrected chi connectivity index (χ3v) is 2.55. The zero-order valence-corrected chi connectivity index (χ0v) is 9.29. The zero-order chi connectivity index (χ0) is 10.6. The van der Waals surface area contributed by atoms with E-state index in [1.54, 1.807) is 11.8 Å². The topological polar surface area (TPSA) is 17.1 Å². The van der Waals surface area contributed by atoms with Crippen molar-refractivity contribution in [2.45, 2.75) is 6.42 Å². The molecule has 0 fully saturated rings. The van der Waals surface area contributed by atoms with Gasteiger partial charge in [0.25, 0.3) is 0 Å². The van der Waals surface area contributed by atoms with Gasteiger partial charge in [0.1, 0.15) is 5.82 Å². The second kappa shape index (κ2) is 5.37. The smallest absolute Gasteiger partial charge is 0.163 e. The van der Waals surface area contributed by atoms with Gasteiger partial charge in [-0.05, 0) is 24.5 Å². The van der Waals surface area contributed by atoms with E-state index < -0.39 is 5.82 Å². The number of hydrogen-bond donors (Lipinski definition) is 0. The van der Waals surface area contributed by atoms with E-state index >= 15 is 0 Å². The maximum atomic E-state index is 12.9. The molecule has 14 heavy (non-hydrogen) atoms. The number of halogens is 2. The molecule has 1 aromatic rings. The Bertz CT molecular complexity index is 321. The standard InChI is InChI=1S/C10H10ClFOS/c1-14-3-2-10(13)7-4-8(11)6-9(12)5-7/h4-6H,2-3H2,1H3. The first-order chi connectivity index (χ1) is 6.63. The van der Waals surface area contributed by atoms with Crippen LogP contribution in [0.15, 0.2) is 18.2 Å². The molecule has 0 saturated carbocycles. The number of thioether (sulfide) groups is 1. The fourth-order valence-corrected chi connectivity index (χ4v) is 1.67. The number of carbonyl (C=O) groups is 1. The van der Waals surface area contributed by atoms with Crippen molar-refractivity contribution in [1.29, 1.82) is 0 Å². The summed E-state index contributed by atoms with van der Waals surface area (Å²) in [7, 11) is 0. The fraction of sp³-hybridized carbons (Fsp3) is 0.300. The molecule has 1 nitrogen and oxygen atoms in total. The maximum Gasteiger partial charge on any atom is 0.163 e. The molecule has 0 N–H and O–H groups in total. The van der Waals surface area contributed by atoms with E-state index in [-0.39, 0.29) is 10.8 Å². The second-order valence-corrected chi connectivity index (χ2v) is 4.25. The molecular weight excluding hydrogens is 223 g/mol. The Morgan fingerprint density at radius 3 is 2.79 bits per heavy atom. The van der Waals surface area contributed by atoms with Gasteiger partial charge in [0.05, 0.1) is 0 Å². The van der Waals surface area contributed by atoms with Crippen molar-refractivity contribution in [3.8, 4) is 0 Å². The van der Waals surface area contributed by atoms with Crippen LogP contribution in [-0.2, 0) is 0 Å². The van der Waals surface area contributed by atoms with Crippen molar-refractivity contribution in [2.75, 3.05) is 12.0 Å². The molecule has 0 aromatic heterocycles. The summed E-state index contributed by atoms with van der Waals surface area (Å²) in [6.45, 7) is 0. The van der Waals surface area contributed by atoms with Crippen LogP contribution in [-0.4, -0.2) is 17.8 Å². The van der Waals surface area contributed by atoms with Crippen LogP contribution >= 0.6 is 23.4 Å². The lowest BCUT2D eigenvalue weighted by atomic mass is 10.1. The van der Waals surface area contributed by atoms with Crippen LogP contribution < -0.4 is 0 Å². The van der Waals surface area contributed by atoms with Gasteiger partial charge in [0, 0.05) is 22.8 Å². The molecule has 0 aliphatic carbocycles. The van der Waals surface area contributed by atoms with E-state index in [1.165, 1.54) is 18.2 Å². The van der Waals surface area contributed by atoms with E-state index in [0.29, 0.717) is 12.0 Å². The molecule has 76 valence electrons. The van der Waals surface area contributed by atoms with Gasteiger partial charge >= 0.3 is 0 Å². The van der Waals surface area contributed by atoms with Crippen molar-refractivity contribution < 1.29 is 9.18 Å². The summed E-state index contributed by atoms with van der Waals surface area (Å²) < 4.78 is 12.9. The quantitative estimate of drug-likeness (QED) is 0.740. The van der Waals surface area contributed by atoms with Crippen LogP contribution in [0.5, 0.6) is 0 Å². The third kappa shape index (κ3) is 3.31. The van der Waals surface area contributed by atoms with Gasteiger partial charge in [-0.1, -0.05) is 11.6 Å². The molecule has 1 aromatic carbocycles. The number of Topliss-reactive ketones (excluding diaryl/α,β-unsaturated/α-hetero) is 1. The molecule has 0 aliphatic heterocycles. The second-order valence-electron chi connectivity index (χ2n) is 2.82. The molecule has 0 amide bonds. The number of hydrogen-bond acceptors (Lipinski definition) is 2. The minimum absolute atomic E-state index is 0.0687. The minimum Gasteiger partial charge on any atom is -0.294 e. The summed E-state index contributed by atoms with van der Waals surface area (Å²) in [4.78, 5) is 11.5. The van der Waals surface area contributed by atoms with E-state index in [9.17, 15) is 9.18 Å². The van der Waals surface area contributed by atoms with Gasteiger partial charge in [-0.25, -0.2) is 4.39 Å². The molecule has 0 aliphatic rings. The van der Waals surface area contributed by atoms with Crippen LogP contribution in [0.2, 0.25) is 5.02 Å². The number of ketones is 1. The van der Waals surface area contributed by atoms with Crippen LogP contribution in [0.3, 0.4) is 0 Å². The van der Waals surface area contributed by atoms with Crippen molar-refractivity contribution in [1.82, 2.24) is 0 Å². The Morgan fingerprint density at radius 2 is 2.21 bits per heavy atom. The zero-order valence-electron chi connectivity index (χ0n) is 7.72. The average molecular weight is 233 g/mol. The highest BCUT2D eigenvalue weighted by Crippen LogP contribution is 2.16. The van der Waals surface area contributed by atoms with Gasteiger partial charge < -0.3 is 0 Å². The Hall–Kier alpha value is -0.540. The summed E-state index contributed by atoms with van der Waals surface area (Å²) in [5.74, 6) is 0.207. The Morgan fingerprint density at radius 1 is 1.50 bits per heavy atom. The van der Waals surface area contributed by atoms with E-state index in [4.69, 9.17) is 11.6 Å². The van der Waals surface area contributed by atoms with Crippen LogP contribution in [0.25, 0.3) is 0 Å². The molecule has 4 heteroatoms. The molecule has 0 unspecified atom stereocenters. The lowest BCUT2D eigenvalue weighted by Gasteiger charge is -2.00. The van der Waals surface area contributed by atoms with E-state index in [0.717, 1.165) is 5.75 Å². The number of benzene rings is 1. The normalized spacial score (nSPS) is 10.2. The SMILES string of the molecule is CSCCC(=O)c1cc(F)cc(Cl)c1. The van der Waals surface area contributed by atoms with Gasteiger partial charge in [-0.2, -0.15) is 11.8 Å². The predicted molar refractivity (Wildman–Crippen MR) is 58.7 cm³/mol. The monoisotopic (exact) mass is 232 g/mol. The van der Waals surface area contributed by atoms with Crippen molar-refractivity contribution >= 4 is 29.1 Å². The first-order valence-electron chi connectivity index (χ1n) is 4.11. The fourth-order valence-electron chi connectivity index (χ4n) is 1.05. The van der Waals surface area contributed by atoms with Crippen LogP contribution in [0.1, 0.15) is 16.8 Å². The van der Waals surface area contributed by atoms with Crippen LogP contribution in [0, 0.1) is 5.82 Å². The van der Waals surface area contributed by atoms with Gasteiger partial charge in [0.15, 0.2) is 5.78 Å². The van der Waals surface area contributed by atoms with E-state index in [2.05, 4.69) is 0 Å². The first-order valence-corrected chi connectivity index (χ1v) is 5.89. The molecule has 0 bridgehead atoms. The van der Waals surface area contributed by atoms with Gasteiger partial charge in [-0.3, -0.25) is 4.79 Å². The van der Waals surface area contributed by atoms with Crippen molar-refractivity contribution in [3.63, 3.8) is 0 Å². The Kier molecular flexibility index (Phi) is 4.42. The van der Waals surface area contributed by atoms with E-state index in [1.807, 2.05) is 6.26 Å². The summed E-state index contributed by atoms with van der Waals surface area (Å²) in [5, 5.41) is 0.262. The largest absolute Gasteiger partial charge is 0.294 e. The number of carbonyl (C=O) groups excluding carboxylic acids is 1. The lowest BCUT2D eigenvalue weighted by Crippen LogP contribution is -2.01. The highest BCUT2D eigenvalue weighted by atomic mass is 35.5. The Balaban J connectivity index is 2.79. The van der Waals surface area contributed by atoms with Gasteiger partial charge in [0.2, 0.25) is 0 Å². The maximum absolute atomic E-state index is 12.9. The average Bonchev–Trinajstić information content (AvgIpc) is 2.12. The predicted octanol–water partition coefficient (Wildman–Crippen LogP) is 3.41. The van der Waals surface area contributed by atoms with Gasteiger partial charge in [-0.15, -0.1) is 0 Å². The molecule has 0 heterocycles. The third-order valence-electron chi connectivity index (χ3n) is 1.72. The van der Waals surface area contributed by atoms with Crippen molar-refractivity contribution in [2.24, 2.45) is 0 Å². The molecule has 0 spiro atoms. The minimum atomic E-state index is -0.468. The Labute approximate surface area is 91.6 Å². The molecular formula is C10H10ClFOS. The van der Waals surface area contributed by atoms with Crippen molar-refractivity contribution in [3.05, 3.63) is 34.6 Å². The summed E-state index contributed by atoms with van der Waals surface area (Å²) in [6, 6.07) is 3.90. The summed E-state index contributed by atoms with van der Waals surface area (Å²) in [5.41, 5.74) is 0.351. The summed E-state index contributed by atoms with van der Waals surface area (Å²) >= 11 is 7.22. The highest BCUT2D eigenvalue weighted by molar-refractivity contribution is 7.98.